The molecule has 0 fully saturated rings. The Hall–Kier alpha value is -3.42. The van der Waals surface area contributed by atoms with Gasteiger partial charge < -0.3 is 9.47 Å². The molecule has 2 atom stereocenters. The Bertz CT molecular complexity index is 1260. The van der Waals surface area contributed by atoms with E-state index in [0.29, 0.717) is 18.4 Å². The van der Waals surface area contributed by atoms with Crippen molar-refractivity contribution >= 4 is 5.97 Å². The summed E-state index contributed by atoms with van der Waals surface area (Å²) in [7, 11) is 0. The fourth-order valence-corrected chi connectivity index (χ4v) is 4.10. The topological polar surface area (TPSA) is 35.5 Å². The van der Waals surface area contributed by atoms with Crippen LogP contribution in [-0.2, 0) is 6.42 Å². The molecule has 3 aromatic carbocycles. The fraction of sp³-hybridized carbons (Fsp3) is 0.269. The van der Waals surface area contributed by atoms with Crippen molar-refractivity contribution in [3.8, 4) is 22.6 Å². The fourth-order valence-electron chi connectivity index (χ4n) is 4.10. The van der Waals surface area contributed by atoms with Crippen LogP contribution in [0.4, 0.5) is 22.0 Å². The van der Waals surface area contributed by atoms with Gasteiger partial charge >= 0.3 is 5.97 Å². The second-order valence-corrected chi connectivity index (χ2v) is 7.86. The van der Waals surface area contributed by atoms with E-state index in [0.717, 1.165) is 12.1 Å². The van der Waals surface area contributed by atoms with E-state index < -0.39 is 52.6 Å². The van der Waals surface area contributed by atoms with Gasteiger partial charge in [-0.15, -0.1) is 0 Å². The Labute approximate surface area is 193 Å². The molecule has 1 aliphatic rings. The molecule has 0 amide bonds. The number of hydrogen-bond donors (Lipinski definition) is 0. The third-order valence-corrected chi connectivity index (χ3v) is 5.70. The minimum atomic E-state index is -2.54. The molecule has 0 radical (unpaired) electrons. The molecule has 4 rings (SSSR count). The first-order valence-corrected chi connectivity index (χ1v) is 10.8. The van der Waals surface area contributed by atoms with E-state index in [4.69, 9.17) is 9.47 Å². The van der Waals surface area contributed by atoms with Gasteiger partial charge in [-0.05, 0) is 54.3 Å². The van der Waals surface area contributed by atoms with Gasteiger partial charge in [-0.2, -0.15) is 0 Å². The molecule has 2 unspecified atom stereocenters. The number of alkyl halides is 2. The lowest BCUT2D eigenvalue weighted by atomic mass is 9.82. The molecule has 0 aliphatic heterocycles. The molecular weight excluding hydrogens is 455 g/mol. The van der Waals surface area contributed by atoms with E-state index >= 15 is 8.78 Å². The summed E-state index contributed by atoms with van der Waals surface area (Å²) in [5.41, 5.74) is -1.07. The Morgan fingerprint density at radius 3 is 2.00 bits per heavy atom. The van der Waals surface area contributed by atoms with Crippen molar-refractivity contribution in [2.24, 2.45) is 0 Å². The van der Waals surface area contributed by atoms with Crippen LogP contribution >= 0.6 is 0 Å². The van der Waals surface area contributed by atoms with Crippen molar-refractivity contribution in [1.82, 2.24) is 0 Å². The predicted octanol–water partition coefficient (Wildman–Crippen LogP) is 7.38. The highest BCUT2D eigenvalue weighted by Gasteiger charge is 2.40. The number of carbonyl (C=O) groups is 1. The summed E-state index contributed by atoms with van der Waals surface area (Å²) < 4.78 is 84.2. The number of halogens is 5. The molecular formula is C26H21F5O3. The van der Waals surface area contributed by atoms with Gasteiger partial charge in [0.05, 0.1) is 12.2 Å². The first-order valence-electron chi connectivity index (χ1n) is 10.8. The standard InChI is InChI=1S/C26H21F5O3/c1-3-5-13-6-7-14(12-17(13)27)26(32)34-19-11-9-16-15-8-10-18(33-4-2)22(28)20(15)24(30)25(31)21(16)23(19)29/h6-12,24-25H,3-5H2,1-2H3. The predicted molar refractivity (Wildman–Crippen MR) is 116 cm³/mol. The van der Waals surface area contributed by atoms with E-state index in [9.17, 15) is 18.0 Å². The van der Waals surface area contributed by atoms with Crippen LogP contribution in [0.5, 0.6) is 11.5 Å². The normalized spacial score (nSPS) is 16.6. The van der Waals surface area contributed by atoms with E-state index in [1.165, 1.54) is 30.3 Å². The molecule has 3 nitrogen and oxygen atoms in total. The van der Waals surface area contributed by atoms with Gasteiger partial charge in [0.25, 0.3) is 0 Å². The molecule has 0 saturated heterocycles. The molecule has 0 heterocycles. The maximum absolute atomic E-state index is 15.2. The van der Waals surface area contributed by atoms with Crippen molar-refractivity contribution < 1.29 is 36.2 Å². The summed E-state index contributed by atoms with van der Waals surface area (Å²) in [5.74, 6) is -4.88. The Balaban J connectivity index is 1.70. The molecule has 0 saturated carbocycles. The molecule has 3 aromatic rings. The van der Waals surface area contributed by atoms with Crippen LogP contribution in [0.3, 0.4) is 0 Å². The van der Waals surface area contributed by atoms with Gasteiger partial charge in [0.1, 0.15) is 5.82 Å². The third kappa shape index (κ3) is 4.02. The average Bonchev–Trinajstić information content (AvgIpc) is 2.81. The molecule has 0 aromatic heterocycles. The SMILES string of the molecule is CCCc1ccc(C(=O)Oc2ccc3c(c2F)C(F)C(F)c2c-3ccc(OCC)c2F)cc1F. The molecule has 34 heavy (non-hydrogen) atoms. The van der Waals surface area contributed by atoms with Crippen LogP contribution in [-0.4, -0.2) is 12.6 Å². The van der Waals surface area contributed by atoms with Crippen molar-refractivity contribution in [3.63, 3.8) is 0 Å². The summed E-state index contributed by atoms with van der Waals surface area (Å²) >= 11 is 0. The zero-order valence-corrected chi connectivity index (χ0v) is 18.4. The van der Waals surface area contributed by atoms with Crippen LogP contribution in [0, 0.1) is 17.5 Å². The van der Waals surface area contributed by atoms with Crippen molar-refractivity contribution in [3.05, 3.63) is 82.2 Å². The van der Waals surface area contributed by atoms with Gasteiger partial charge in [-0.1, -0.05) is 31.5 Å². The Kier molecular flexibility index (Phi) is 6.59. The molecule has 178 valence electrons. The van der Waals surface area contributed by atoms with Crippen molar-refractivity contribution in [2.45, 2.75) is 39.0 Å². The maximum atomic E-state index is 15.2. The van der Waals surface area contributed by atoms with Gasteiger partial charge in [-0.3, -0.25) is 0 Å². The van der Waals surface area contributed by atoms with E-state index in [1.807, 2.05) is 6.92 Å². The Morgan fingerprint density at radius 2 is 1.44 bits per heavy atom. The molecule has 0 bridgehead atoms. The monoisotopic (exact) mass is 476 g/mol. The quantitative estimate of drug-likeness (QED) is 0.212. The summed E-state index contributed by atoms with van der Waals surface area (Å²) in [5, 5.41) is 0. The number of benzene rings is 3. The summed E-state index contributed by atoms with van der Waals surface area (Å²) in [6, 6.07) is 8.64. The zero-order valence-electron chi connectivity index (χ0n) is 18.4. The van der Waals surface area contributed by atoms with Gasteiger partial charge in [-0.25, -0.2) is 26.7 Å². The highest BCUT2D eigenvalue weighted by molar-refractivity contribution is 5.91. The lowest BCUT2D eigenvalue weighted by Gasteiger charge is -2.28. The van der Waals surface area contributed by atoms with E-state index in [-0.39, 0.29) is 29.0 Å². The second kappa shape index (κ2) is 9.44. The molecule has 1 aliphatic carbocycles. The van der Waals surface area contributed by atoms with Gasteiger partial charge in [0.15, 0.2) is 35.5 Å². The van der Waals surface area contributed by atoms with Gasteiger partial charge in [0.2, 0.25) is 0 Å². The third-order valence-electron chi connectivity index (χ3n) is 5.70. The number of carbonyl (C=O) groups excluding carboxylic acids is 1. The molecule has 0 N–H and O–H groups in total. The minimum Gasteiger partial charge on any atom is -0.491 e. The second-order valence-electron chi connectivity index (χ2n) is 7.86. The largest absolute Gasteiger partial charge is 0.491 e. The maximum Gasteiger partial charge on any atom is 0.343 e. The zero-order chi connectivity index (χ0) is 24.6. The number of fused-ring (bicyclic) bond motifs is 3. The number of aryl methyl sites for hydroxylation is 1. The van der Waals surface area contributed by atoms with Crippen LogP contribution in [0.15, 0.2) is 42.5 Å². The average molecular weight is 476 g/mol. The van der Waals surface area contributed by atoms with Crippen LogP contribution in [0.2, 0.25) is 0 Å². The molecule has 0 spiro atoms. The summed E-state index contributed by atoms with van der Waals surface area (Å²) in [4.78, 5) is 12.5. The lowest BCUT2D eigenvalue weighted by Crippen LogP contribution is -2.17. The first kappa shape index (κ1) is 23.7. The van der Waals surface area contributed by atoms with Gasteiger partial charge in [0, 0.05) is 11.1 Å². The van der Waals surface area contributed by atoms with Crippen molar-refractivity contribution in [1.29, 1.82) is 0 Å². The summed E-state index contributed by atoms with van der Waals surface area (Å²) in [6.07, 6.45) is -3.85. The minimum absolute atomic E-state index is 0.0253. The smallest absolute Gasteiger partial charge is 0.343 e. The lowest BCUT2D eigenvalue weighted by molar-refractivity contribution is 0.0725. The van der Waals surface area contributed by atoms with E-state index in [2.05, 4.69) is 0 Å². The molecule has 8 heteroatoms. The first-order chi connectivity index (χ1) is 16.3. The number of rotatable bonds is 6. The highest BCUT2D eigenvalue weighted by Crippen LogP contribution is 2.52. The van der Waals surface area contributed by atoms with Crippen LogP contribution in [0.1, 0.15) is 59.7 Å². The number of ether oxygens (including phenoxy) is 2. The van der Waals surface area contributed by atoms with Crippen LogP contribution in [0.25, 0.3) is 11.1 Å². The number of esters is 1. The van der Waals surface area contributed by atoms with Crippen LogP contribution < -0.4 is 9.47 Å². The highest BCUT2D eigenvalue weighted by atomic mass is 19.2. The van der Waals surface area contributed by atoms with Crippen molar-refractivity contribution in [2.75, 3.05) is 6.61 Å². The summed E-state index contributed by atoms with van der Waals surface area (Å²) in [6.45, 7) is 3.62. The number of hydrogen-bond acceptors (Lipinski definition) is 3. The van der Waals surface area contributed by atoms with E-state index in [1.54, 1.807) is 6.92 Å². The Morgan fingerprint density at radius 1 is 0.853 bits per heavy atom.